The number of carbonyl (C=O) groups excluding carboxylic acids is 1. The van der Waals surface area contributed by atoms with Gasteiger partial charge in [-0.2, -0.15) is 0 Å². The van der Waals surface area contributed by atoms with Crippen molar-refractivity contribution >= 4 is 40.1 Å². The molecule has 0 saturated carbocycles. The first-order valence-electron chi connectivity index (χ1n) is 4.01. The molecule has 0 fully saturated rings. The van der Waals surface area contributed by atoms with E-state index in [1.165, 1.54) is 5.06 Å². The van der Waals surface area contributed by atoms with Gasteiger partial charge in [0.25, 0.3) is 5.91 Å². The van der Waals surface area contributed by atoms with E-state index in [-0.39, 0.29) is 5.91 Å². The highest BCUT2D eigenvalue weighted by Crippen LogP contribution is 2.19. The van der Waals surface area contributed by atoms with Gasteiger partial charge in [0.15, 0.2) is 0 Å². The quantitative estimate of drug-likeness (QED) is 0.683. The molecule has 1 N–H and O–H groups in total. The number of nitrogens with one attached hydrogen (secondary N) is 1. The fourth-order valence-corrected chi connectivity index (χ4v) is 1.54. The van der Waals surface area contributed by atoms with E-state index in [2.05, 4.69) is 4.98 Å². The van der Waals surface area contributed by atoms with Crippen LogP contribution in [0.3, 0.4) is 0 Å². The van der Waals surface area contributed by atoms with Gasteiger partial charge in [0, 0.05) is 7.05 Å². The minimum Gasteiger partial charge on any atom is -0.345 e. The second kappa shape index (κ2) is 4.99. The van der Waals surface area contributed by atoms with E-state index < -0.39 is 0 Å². The summed E-state index contributed by atoms with van der Waals surface area (Å²) in [5, 5.41) is 1.72. The van der Waals surface area contributed by atoms with Crippen molar-refractivity contribution < 1.29 is 9.63 Å². The summed E-state index contributed by atoms with van der Waals surface area (Å²) < 4.78 is 0.748. The number of hydroxylamine groups is 2. The van der Waals surface area contributed by atoms with Crippen LogP contribution >= 0.6 is 34.2 Å². The molecule has 1 amide bonds. The number of halogens is 2. The van der Waals surface area contributed by atoms with Gasteiger partial charge in [-0.15, -0.1) is 0 Å². The van der Waals surface area contributed by atoms with Gasteiger partial charge in [-0.3, -0.25) is 9.63 Å². The molecular weight excluding hydrogens is 318 g/mol. The molecule has 0 radical (unpaired) electrons. The van der Waals surface area contributed by atoms with Crippen LogP contribution in [0, 0.1) is 3.70 Å². The number of aromatic amines is 1. The van der Waals surface area contributed by atoms with Crippen LogP contribution in [-0.2, 0) is 4.84 Å². The number of aromatic nitrogens is 1. The van der Waals surface area contributed by atoms with Crippen molar-refractivity contribution in [3.63, 3.8) is 0 Å². The predicted octanol–water partition coefficient (Wildman–Crippen LogP) is 2.30. The average molecular weight is 329 g/mol. The SMILES string of the molecule is CCON(C)C(=O)c1cc(Cl)c(I)[nH]1. The molecular formula is C8H10ClIN2O2. The summed E-state index contributed by atoms with van der Waals surface area (Å²) in [6.45, 7) is 2.27. The van der Waals surface area contributed by atoms with Gasteiger partial charge in [-0.05, 0) is 35.6 Å². The molecule has 0 bridgehead atoms. The molecule has 1 aromatic rings. The number of hydrogen-bond donors (Lipinski definition) is 1. The Morgan fingerprint density at radius 3 is 2.86 bits per heavy atom. The zero-order valence-corrected chi connectivity index (χ0v) is 10.7. The Hall–Kier alpha value is -0.270. The highest BCUT2D eigenvalue weighted by Gasteiger charge is 2.15. The highest BCUT2D eigenvalue weighted by atomic mass is 127. The first-order valence-corrected chi connectivity index (χ1v) is 5.47. The van der Waals surface area contributed by atoms with Crippen molar-refractivity contribution in [2.45, 2.75) is 6.92 Å². The summed E-state index contributed by atoms with van der Waals surface area (Å²) in [5.41, 5.74) is 0.426. The Morgan fingerprint density at radius 1 is 1.79 bits per heavy atom. The Morgan fingerprint density at radius 2 is 2.43 bits per heavy atom. The second-order valence-electron chi connectivity index (χ2n) is 2.57. The highest BCUT2D eigenvalue weighted by molar-refractivity contribution is 14.1. The van der Waals surface area contributed by atoms with Gasteiger partial charge >= 0.3 is 0 Å². The fraction of sp³-hybridized carbons (Fsp3) is 0.375. The number of hydrogen-bond acceptors (Lipinski definition) is 2. The van der Waals surface area contributed by atoms with Gasteiger partial charge in [-0.25, -0.2) is 5.06 Å². The first kappa shape index (κ1) is 11.8. The minimum atomic E-state index is -0.239. The second-order valence-corrected chi connectivity index (χ2v) is 4.05. The van der Waals surface area contributed by atoms with Gasteiger partial charge < -0.3 is 4.98 Å². The van der Waals surface area contributed by atoms with Crippen molar-refractivity contribution in [3.05, 3.63) is 20.5 Å². The maximum atomic E-state index is 11.6. The molecule has 0 aliphatic rings. The summed E-state index contributed by atoms with van der Waals surface area (Å²) in [6, 6.07) is 1.58. The zero-order valence-electron chi connectivity index (χ0n) is 7.80. The molecule has 14 heavy (non-hydrogen) atoms. The third-order valence-electron chi connectivity index (χ3n) is 1.56. The van der Waals surface area contributed by atoms with Gasteiger partial charge in [0.05, 0.1) is 15.3 Å². The van der Waals surface area contributed by atoms with Crippen LogP contribution in [0.4, 0.5) is 0 Å². The van der Waals surface area contributed by atoms with Crippen LogP contribution < -0.4 is 0 Å². The number of rotatable bonds is 3. The Kier molecular flexibility index (Phi) is 4.21. The Bertz CT molecular complexity index is 321. The molecule has 1 rings (SSSR count). The monoisotopic (exact) mass is 328 g/mol. The maximum absolute atomic E-state index is 11.6. The molecule has 0 saturated heterocycles. The van der Waals surface area contributed by atoms with Crippen molar-refractivity contribution in [1.82, 2.24) is 10.0 Å². The van der Waals surface area contributed by atoms with E-state index in [0.717, 1.165) is 3.70 Å². The van der Waals surface area contributed by atoms with E-state index >= 15 is 0 Å². The molecule has 0 spiro atoms. The molecule has 0 aliphatic heterocycles. The number of amides is 1. The average Bonchev–Trinajstić information content (AvgIpc) is 2.46. The molecule has 0 unspecified atom stereocenters. The summed E-state index contributed by atoms with van der Waals surface area (Å²) in [6.07, 6.45) is 0. The molecule has 6 heteroatoms. The summed E-state index contributed by atoms with van der Waals surface area (Å²) in [7, 11) is 1.56. The number of H-pyrrole nitrogens is 1. The maximum Gasteiger partial charge on any atom is 0.293 e. The topological polar surface area (TPSA) is 45.3 Å². The molecule has 1 aromatic heterocycles. The van der Waals surface area contributed by atoms with Gasteiger partial charge in [0.2, 0.25) is 0 Å². The molecule has 1 heterocycles. The lowest BCUT2D eigenvalue weighted by Gasteiger charge is -2.13. The Labute approximate surface area is 101 Å². The van der Waals surface area contributed by atoms with Crippen LogP contribution in [0.2, 0.25) is 5.02 Å². The lowest BCUT2D eigenvalue weighted by atomic mass is 10.4. The largest absolute Gasteiger partial charge is 0.345 e. The minimum absolute atomic E-state index is 0.239. The molecule has 0 aromatic carbocycles. The van der Waals surface area contributed by atoms with E-state index in [9.17, 15) is 4.79 Å². The van der Waals surface area contributed by atoms with Crippen molar-refractivity contribution in [1.29, 1.82) is 0 Å². The smallest absolute Gasteiger partial charge is 0.293 e. The molecule has 0 aliphatic carbocycles. The summed E-state index contributed by atoms with van der Waals surface area (Å²) in [5.74, 6) is -0.239. The zero-order chi connectivity index (χ0) is 10.7. The molecule has 4 nitrogen and oxygen atoms in total. The van der Waals surface area contributed by atoms with Crippen LogP contribution in [0.1, 0.15) is 17.4 Å². The van der Waals surface area contributed by atoms with Crippen LogP contribution in [0.25, 0.3) is 0 Å². The lowest BCUT2D eigenvalue weighted by Crippen LogP contribution is -2.27. The van der Waals surface area contributed by atoms with Crippen LogP contribution in [0.15, 0.2) is 6.07 Å². The van der Waals surface area contributed by atoms with Crippen molar-refractivity contribution in [2.75, 3.05) is 13.7 Å². The molecule has 78 valence electrons. The first-order chi connectivity index (χ1) is 6.56. The van der Waals surface area contributed by atoms with Crippen molar-refractivity contribution in [2.24, 2.45) is 0 Å². The standard InChI is InChI=1S/C8H10ClIN2O2/c1-3-14-12(2)8(13)6-4-5(9)7(10)11-6/h4,11H,3H2,1-2H3. The van der Waals surface area contributed by atoms with E-state index in [1.807, 2.05) is 29.5 Å². The third kappa shape index (κ3) is 2.61. The number of carbonyl (C=O) groups is 1. The summed E-state index contributed by atoms with van der Waals surface area (Å²) in [4.78, 5) is 19.5. The normalized spacial score (nSPS) is 10.3. The van der Waals surface area contributed by atoms with Crippen molar-refractivity contribution in [3.8, 4) is 0 Å². The van der Waals surface area contributed by atoms with Crippen LogP contribution in [0.5, 0.6) is 0 Å². The van der Waals surface area contributed by atoms with Crippen LogP contribution in [-0.4, -0.2) is 29.6 Å². The summed E-state index contributed by atoms with van der Waals surface area (Å²) >= 11 is 7.83. The molecule has 0 atom stereocenters. The fourth-order valence-electron chi connectivity index (χ4n) is 0.941. The van der Waals surface area contributed by atoms with E-state index in [0.29, 0.717) is 17.3 Å². The Balaban J connectivity index is 2.79. The number of nitrogens with zero attached hydrogens (tertiary/aromatic N) is 1. The van der Waals surface area contributed by atoms with E-state index in [4.69, 9.17) is 16.4 Å². The van der Waals surface area contributed by atoms with Gasteiger partial charge in [0.1, 0.15) is 5.69 Å². The third-order valence-corrected chi connectivity index (χ3v) is 3.03. The van der Waals surface area contributed by atoms with E-state index in [1.54, 1.807) is 13.1 Å². The van der Waals surface area contributed by atoms with Gasteiger partial charge in [-0.1, -0.05) is 11.6 Å². The lowest BCUT2D eigenvalue weighted by molar-refractivity contribution is -0.100. The predicted molar refractivity (Wildman–Crippen MR) is 62.2 cm³/mol.